The molecule has 1 aliphatic rings. The molecule has 1 fully saturated rings. The molecule has 0 radical (unpaired) electrons. The molecular weight excluding hydrogens is 258 g/mol. The molecule has 0 bridgehead atoms. The smallest absolute Gasteiger partial charge is 0.413 e. The van der Waals surface area contributed by atoms with E-state index in [2.05, 4.69) is 0 Å². The lowest BCUT2D eigenvalue weighted by molar-refractivity contribution is -0.170. The van der Waals surface area contributed by atoms with Crippen molar-refractivity contribution < 1.29 is 19.1 Å². The molecule has 0 N–H and O–H groups in total. The van der Waals surface area contributed by atoms with Crippen molar-refractivity contribution in [2.24, 2.45) is 5.41 Å². The Kier molecular flexibility index (Phi) is 5.05. The highest BCUT2D eigenvalue weighted by atomic mass is 16.6. The second-order valence-electron chi connectivity index (χ2n) is 7.28. The van der Waals surface area contributed by atoms with E-state index >= 15 is 0 Å². The van der Waals surface area contributed by atoms with E-state index in [-0.39, 0.29) is 5.97 Å². The average Bonchev–Trinajstić information content (AvgIpc) is 2.25. The van der Waals surface area contributed by atoms with E-state index in [1.54, 1.807) is 20.8 Å². The van der Waals surface area contributed by atoms with Crippen LogP contribution in [0.2, 0.25) is 0 Å². The molecule has 0 aliphatic carbocycles. The summed E-state index contributed by atoms with van der Waals surface area (Å²) in [5, 5.41) is 0. The number of ether oxygens (including phenoxy) is 2. The summed E-state index contributed by atoms with van der Waals surface area (Å²) in [6.07, 6.45) is 1.60. The third-order valence-corrected chi connectivity index (χ3v) is 2.93. The van der Waals surface area contributed by atoms with Gasteiger partial charge in [-0.05, 0) is 54.4 Å². The predicted octanol–water partition coefficient (Wildman–Crippen LogP) is 3.32. The van der Waals surface area contributed by atoms with Crippen molar-refractivity contribution in [3.05, 3.63) is 0 Å². The third-order valence-electron chi connectivity index (χ3n) is 2.93. The van der Waals surface area contributed by atoms with Gasteiger partial charge in [-0.25, -0.2) is 4.79 Å². The first kappa shape index (κ1) is 16.8. The molecule has 5 nitrogen and oxygen atoms in total. The average molecular weight is 285 g/mol. The quantitative estimate of drug-likeness (QED) is 0.693. The van der Waals surface area contributed by atoms with Crippen molar-refractivity contribution in [1.82, 2.24) is 4.90 Å². The Balaban J connectivity index is 2.72. The molecule has 1 heterocycles. The highest BCUT2D eigenvalue weighted by molar-refractivity contribution is 5.76. The van der Waals surface area contributed by atoms with Crippen molar-refractivity contribution >= 4 is 12.1 Å². The summed E-state index contributed by atoms with van der Waals surface area (Å²) < 4.78 is 10.9. The van der Waals surface area contributed by atoms with Crippen LogP contribution in [-0.4, -0.2) is 35.3 Å². The molecule has 0 aromatic heterocycles. The summed E-state index contributed by atoms with van der Waals surface area (Å²) in [7, 11) is 0. The number of piperidine rings is 1. The molecule has 0 spiro atoms. The van der Waals surface area contributed by atoms with Crippen LogP contribution in [0.4, 0.5) is 4.79 Å². The van der Waals surface area contributed by atoms with E-state index in [9.17, 15) is 9.59 Å². The zero-order valence-electron chi connectivity index (χ0n) is 13.5. The van der Waals surface area contributed by atoms with E-state index < -0.39 is 23.3 Å². The maximum Gasteiger partial charge on any atom is 0.413 e. The van der Waals surface area contributed by atoms with Gasteiger partial charge in [0.1, 0.15) is 5.60 Å². The molecule has 0 saturated carbocycles. The molecule has 1 amide bonds. The molecule has 0 aromatic rings. The zero-order chi connectivity index (χ0) is 15.6. The maximum atomic E-state index is 12.2. The summed E-state index contributed by atoms with van der Waals surface area (Å²) in [6.45, 7) is 11.4. The molecular formula is C15H27NO4. The van der Waals surface area contributed by atoms with Gasteiger partial charge in [-0.15, -0.1) is 0 Å². The Morgan fingerprint density at radius 2 is 1.65 bits per heavy atom. The minimum atomic E-state index is -0.572. The van der Waals surface area contributed by atoms with Gasteiger partial charge >= 0.3 is 12.1 Å². The molecule has 1 saturated heterocycles. The van der Waals surface area contributed by atoms with E-state index in [0.29, 0.717) is 13.0 Å². The minimum Gasteiger partial charge on any atom is -0.444 e. The van der Waals surface area contributed by atoms with Gasteiger partial charge in [0.2, 0.25) is 0 Å². The third kappa shape index (κ3) is 5.02. The second kappa shape index (κ2) is 6.02. The molecule has 1 unspecified atom stereocenters. The number of carbonyl (C=O) groups excluding carboxylic acids is 2. The Bertz CT molecular complexity index is 365. The SMILES string of the molecule is CC(C)(C)OC(=O)N1CCCCC1OC(=O)C(C)(C)C. The van der Waals surface area contributed by atoms with E-state index in [1.165, 1.54) is 4.90 Å². The van der Waals surface area contributed by atoms with Gasteiger partial charge in [-0.3, -0.25) is 9.69 Å². The Hall–Kier alpha value is -1.26. The highest BCUT2D eigenvalue weighted by Crippen LogP contribution is 2.24. The Morgan fingerprint density at radius 3 is 2.15 bits per heavy atom. The topological polar surface area (TPSA) is 55.8 Å². The molecule has 1 rings (SSSR count). The first-order valence-corrected chi connectivity index (χ1v) is 7.21. The molecule has 1 aliphatic heterocycles. The summed E-state index contributed by atoms with van der Waals surface area (Å²) in [5.41, 5.74) is -1.12. The summed E-state index contributed by atoms with van der Waals surface area (Å²) in [6, 6.07) is 0. The predicted molar refractivity (Wildman–Crippen MR) is 76.1 cm³/mol. The van der Waals surface area contributed by atoms with Crippen LogP contribution < -0.4 is 0 Å². The van der Waals surface area contributed by atoms with E-state index in [0.717, 1.165) is 12.8 Å². The first-order valence-electron chi connectivity index (χ1n) is 7.21. The summed E-state index contributed by atoms with van der Waals surface area (Å²) in [5.74, 6) is -0.294. The zero-order valence-corrected chi connectivity index (χ0v) is 13.5. The molecule has 20 heavy (non-hydrogen) atoms. The summed E-state index contributed by atoms with van der Waals surface area (Å²) >= 11 is 0. The molecule has 5 heteroatoms. The van der Waals surface area contributed by atoms with Crippen LogP contribution in [-0.2, 0) is 14.3 Å². The normalized spacial score (nSPS) is 20.5. The number of esters is 1. The Labute approximate surface area is 121 Å². The number of likely N-dealkylation sites (tertiary alicyclic amines) is 1. The van der Waals surface area contributed by atoms with Gasteiger partial charge in [-0.2, -0.15) is 0 Å². The first-order chi connectivity index (χ1) is 9.00. The fourth-order valence-corrected chi connectivity index (χ4v) is 1.85. The molecule has 0 aromatic carbocycles. The van der Waals surface area contributed by atoms with Crippen LogP contribution in [0.1, 0.15) is 60.8 Å². The largest absolute Gasteiger partial charge is 0.444 e. The number of nitrogens with zero attached hydrogens (tertiary/aromatic N) is 1. The van der Waals surface area contributed by atoms with Gasteiger partial charge in [0.05, 0.1) is 5.41 Å². The fraction of sp³-hybridized carbons (Fsp3) is 0.867. The van der Waals surface area contributed by atoms with Crippen molar-refractivity contribution in [3.63, 3.8) is 0 Å². The lowest BCUT2D eigenvalue weighted by Crippen LogP contribution is -2.49. The minimum absolute atomic E-state index is 0.294. The fourth-order valence-electron chi connectivity index (χ4n) is 1.85. The van der Waals surface area contributed by atoms with Gasteiger partial charge in [0, 0.05) is 13.0 Å². The molecule has 116 valence electrons. The van der Waals surface area contributed by atoms with Gasteiger partial charge in [0.25, 0.3) is 0 Å². The maximum absolute atomic E-state index is 12.2. The van der Waals surface area contributed by atoms with Crippen LogP contribution in [0.3, 0.4) is 0 Å². The number of rotatable bonds is 1. The number of carbonyl (C=O) groups is 2. The van der Waals surface area contributed by atoms with Crippen molar-refractivity contribution in [3.8, 4) is 0 Å². The lowest BCUT2D eigenvalue weighted by Gasteiger charge is -2.37. The van der Waals surface area contributed by atoms with Crippen molar-refractivity contribution in [1.29, 1.82) is 0 Å². The Morgan fingerprint density at radius 1 is 1.05 bits per heavy atom. The monoisotopic (exact) mass is 285 g/mol. The van der Waals surface area contributed by atoms with Crippen LogP contribution in [0.5, 0.6) is 0 Å². The van der Waals surface area contributed by atoms with E-state index in [4.69, 9.17) is 9.47 Å². The van der Waals surface area contributed by atoms with E-state index in [1.807, 2.05) is 20.8 Å². The van der Waals surface area contributed by atoms with Gasteiger partial charge in [-0.1, -0.05) is 0 Å². The summed E-state index contributed by atoms with van der Waals surface area (Å²) in [4.78, 5) is 25.7. The highest BCUT2D eigenvalue weighted by Gasteiger charge is 2.35. The van der Waals surface area contributed by atoms with Crippen LogP contribution in [0.25, 0.3) is 0 Å². The van der Waals surface area contributed by atoms with Crippen LogP contribution in [0, 0.1) is 5.41 Å². The van der Waals surface area contributed by atoms with Crippen molar-refractivity contribution in [2.45, 2.75) is 72.6 Å². The van der Waals surface area contributed by atoms with Gasteiger partial charge < -0.3 is 9.47 Å². The van der Waals surface area contributed by atoms with Crippen molar-refractivity contribution in [2.75, 3.05) is 6.54 Å². The number of amides is 1. The number of hydrogen-bond acceptors (Lipinski definition) is 4. The molecule has 1 atom stereocenters. The van der Waals surface area contributed by atoms with Gasteiger partial charge in [0.15, 0.2) is 6.23 Å². The second-order valence-corrected chi connectivity index (χ2v) is 7.28. The lowest BCUT2D eigenvalue weighted by atomic mass is 9.97. The number of hydrogen-bond donors (Lipinski definition) is 0. The standard InChI is InChI=1S/C15H27NO4/c1-14(2,3)12(17)19-11-9-7-8-10-16(11)13(18)20-15(4,5)6/h11H,7-10H2,1-6H3. The van der Waals surface area contributed by atoms with Crippen LogP contribution in [0.15, 0.2) is 0 Å². The van der Waals surface area contributed by atoms with Crippen LogP contribution >= 0.6 is 0 Å².